The fraction of sp³-hybridized carbons (Fsp3) is 0.167. The van der Waals surface area contributed by atoms with Crippen molar-refractivity contribution in [3.05, 3.63) is 72.1 Å². The van der Waals surface area contributed by atoms with Crippen LogP contribution in [0.2, 0.25) is 0 Å². The number of nitrogens with two attached hydrogens (primary N) is 1. The Morgan fingerprint density at radius 2 is 1.88 bits per heavy atom. The summed E-state index contributed by atoms with van der Waals surface area (Å²) < 4.78 is 1.74. The van der Waals surface area contributed by atoms with E-state index in [0.717, 1.165) is 16.6 Å². The number of benzene rings is 1. The minimum absolute atomic E-state index is 0.294. The molecule has 0 radical (unpaired) electrons. The van der Waals surface area contributed by atoms with Crippen molar-refractivity contribution in [2.75, 3.05) is 0 Å². The second-order valence-electron chi connectivity index (χ2n) is 5.67. The van der Waals surface area contributed by atoms with Gasteiger partial charge >= 0.3 is 6.03 Å². The molecule has 3 amide bonds. The molecule has 1 aromatic carbocycles. The highest BCUT2D eigenvalue weighted by Gasteiger charge is 2.20. The van der Waals surface area contributed by atoms with E-state index in [2.05, 4.69) is 15.7 Å². The summed E-state index contributed by atoms with van der Waals surface area (Å²) in [6.07, 6.45) is 3.92. The number of hydrogen-bond acceptors (Lipinski definition) is 3. The molecule has 1 unspecified atom stereocenters. The smallest absolute Gasteiger partial charge is 0.312 e. The monoisotopic (exact) mass is 337 g/mol. The third-order valence-corrected chi connectivity index (χ3v) is 3.87. The van der Waals surface area contributed by atoms with Crippen LogP contribution in [0.15, 0.2) is 60.9 Å². The molecule has 0 aliphatic heterocycles. The summed E-state index contributed by atoms with van der Waals surface area (Å²) in [4.78, 5) is 23.7. The molecule has 4 N–H and O–H groups in total. The van der Waals surface area contributed by atoms with Gasteiger partial charge in [0.25, 0.3) is 0 Å². The molecule has 0 fully saturated rings. The normalized spacial score (nSPS) is 11.8. The minimum atomic E-state index is -0.735. The van der Waals surface area contributed by atoms with Crippen LogP contribution >= 0.6 is 0 Å². The Balaban J connectivity index is 1.68. The van der Waals surface area contributed by atoms with E-state index in [0.29, 0.717) is 13.0 Å². The fourth-order valence-electron chi connectivity index (χ4n) is 2.66. The van der Waals surface area contributed by atoms with Crippen LogP contribution in [-0.4, -0.2) is 27.6 Å². The Morgan fingerprint density at radius 1 is 1.12 bits per heavy atom. The van der Waals surface area contributed by atoms with Crippen LogP contribution in [-0.2, 0) is 17.8 Å². The first-order valence-electron chi connectivity index (χ1n) is 7.92. The van der Waals surface area contributed by atoms with Crippen molar-refractivity contribution in [1.29, 1.82) is 0 Å². The van der Waals surface area contributed by atoms with E-state index in [9.17, 15) is 9.59 Å². The van der Waals surface area contributed by atoms with Crippen LogP contribution in [0, 0.1) is 0 Å². The lowest BCUT2D eigenvalue weighted by Crippen LogP contribution is -2.49. The molecule has 7 heteroatoms. The number of pyridine rings is 1. The summed E-state index contributed by atoms with van der Waals surface area (Å²) in [5.41, 5.74) is 7.96. The van der Waals surface area contributed by atoms with Gasteiger partial charge in [-0.2, -0.15) is 5.10 Å². The molecule has 3 rings (SSSR count). The summed E-state index contributed by atoms with van der Waals surface area (Å²) in [5.74, 6) is -0.294. The standard InChI is InChI=1S/C18H19N5O2/c19-18(25)22-15(10-13-6-2-1-3-7-13)17(24)20-11-14-12-21-23-9-5-4-8-16(14)23/h1-9,12,15H,10-11H2,(H,20,24)(H3,19,22,25). The molecule has 7 nitrogen and oxygen atoms in total. The van der Waals surface area contributed by atoms with Gasteiger partial charge < -0.3 is 16.4 Å². The molecule has 0 saturated carbocycles. The average molecular weight is 337 g/mol. The molecular weight excluding hydrogens is 318 g/mol. The maximum absolute atomic E-state index is 12.5. The molecule has 2 heterocycles. The molecule has 25 heavy (non-hydrogen) atoms. The van der Waals surface area contributed by atoms with E-state index in [-0.39, 0.29) is 5.91 Å². The van der Waals surface area contributed by atoms with E-state index in [1.165, 1.54) is 0 Å². The van der Waals surface area contributed by atoms with Crippen LogP contribution in [0.4, 0.5) is 4.79 Å². The fourth-order valence-corrected chi connectivity index (χ4v) is 2.66. The number of fused-ring (bicyclic) bond motifs is 1. The van der Waals surface area contributed by atoms with E-state index in [1.807, 2.05) is 54.7 Å². The summed E-state index contributed by atoms with van der Waals surface area (Å²) in [6.45, 7) is 0.318. The lowest BCUT2D eigenvalue weighted by molar-refractivity contribution is -0.123. The Morgan fingerprint density at radius 3 is 2.64 bits per heavy atom. The highest BCUT2D eigenvalue weighted by Crippen LogP contribution is 2.10. The highest BCUT2D eigenvalue weighted by atomic mass is 16.2. The zero-order valence-electron chi connectivity index (χ0n) is 13.6. The largest absolute Gasteiger partial charge is 0.352 e. The van der Waals surface area contributed by atoms with Gasteiger partial charge in [-0.3, -0.25) is 4.79 Å². The van der Waals surface area contributed by atoms with E-state index in [4.69, 9.17) is 5.73 Å². The van der Waals surface area contributed by atoms with Crippen molar-refractivity contribution in [2.24, 2.45) is 5.73 Å². The molecule has 1 atom stereocenters. The molecular formula is C18H19N5O2. The number of primary amides is 1. The van der Waals surface area contributed by atoms with Crippen LogP contribution in [0.1, 0.15) is 11.1 Å². The van der Waals surface area contributed by atoms with E-state index >= 15 is 0 Å². The van der Waals surface area contributed by atoms with Crippen LogP contribution in [0.25, 0.3) is 5.52 Å². The molecule has 128 valence electrons. The topological polar surface area (TPSA) is 102 Å². The number of aromatic nitrogens is 2. The van der Waals surface area contributed by atoms with Gasteiger partial charge in [0.1, 0.15) is 6.04 Å². The minimum Gasteiger partial charge on any atom is -0.352 e. The first-order chi connectivity index (χ1) is 12.1. The number of nitrogens with zero attached hydrogens (tertiary/aromatic N) is 2. The number of hydrogen-bond donors (Lipinski definition) is 3. The van der Waals surface area contributed by atoms with Gasteiger partial charge in [-0.1, -0.05) is 36.4 Å². The van der Waals surface area contributed by atoms with Gasteiger partial charge in [-0.15, -0.1) is 0 Å². The predicted molar refractivity (Wildman–Crippen MR) is 93.7 cm³/mol. The van der Waals surface area contributed by atoms with Gasteiger partial charge in [0, 0.05) is 24.7 Å². The second-order valence-corrected chi connectivity index (χ2v) is 5.67. The summed E-state index contributed by atoms with van der Waals surface area (Å²) in [6, 6.07) is 13.7. The third-order valence-electron chi connectivity index (χ3n) is 3.87. The lowest BCUT2D eigenvalue weighted by atomic mass is 10.1. The van der Waals surface area contributed by atoms with Crippen LogP contribution in [0.3, 0.4) is 0 Å². The zero-order chi connectivity index (χ0) is 17.6. The Kier molecular flexibility index (Phi) is 4.94. The Labute approximate surface area is 144 Å². The maximum Gasteiger partial charge on any atom is 0.312 e. The van der Waals surface area contributed by atoms with Crippen molar-refractivity contribution in [3.63, 3.8) is 0 Å². The van der Waals surface area contributed by atoms with Gasteiger partial charge in [-0.05, 0) is 17.7 Å². The molecule has 2 aromatic heterocycles. The first-order valence-corrected chi connectivity index (χ1v) is 7.92. The van der Waals surface area contributed by atoms with Crippen LogP contribution in [0.5, 0.6) is 0 Å². The first kappa shape index (κ1) is 16.5. The van der Waals surface area contributed by atoms with E-state index in [1.54, 1.807) is 10.7 Å². The lowest BCUT2D eigenvalue weighted by Gasteiger charge is -2.17. The second kappa shape index (κ2) is 7.48. The van der Waals surface area contributed by atoms with Crippen molar-refractivity contribution >= 4 is 17.5 Å². The number of carbonyl (C=O) groups excluding carboxylic acids is 2. The average Bonchev–Trinajstić information content (AvgIpc) is 3.03. The number of urea groups is 1. The van der Waals surface area contributed by atoms with Crippen molar-refractivity contribution < 1.29 is 9.59 Å². The Bertz CT molecular complexity index is 875. The number of nitrogens with one attached hydrogen (secondary N) is 2. The van der Waals surface area contributed by atoms with Crippen molar-refractivity contribution in [3.8, 4) is 0 Å². The quantitative estimate of drug-likeness (QED) is 0.630. The van der Waals surface area contributed by atoms with Gasteiger partial charge in [0.15, 0.2) is 0 Å². The SMILES string of the molecule is NC(=O)NC(Cc1ccccc1)C(=O)NCc1cnn2ccccc12. The summed E-state index contributed by atoms with van der Waals surface area (Å²) in [7, 11) is 0. The Hall–Kier alpha value is -3.35. The summed E-state index contributed by atoms with van der Waals surface area (Å²) >= 11 is 0. The van der Waals surface area contributed by atoms with E-state index < -0.39 is 12.1 Å². The van der Waals surface area contributed by atoms with Gasteiger partial charge in [-0.25, -0.2) is 9.31 Å². The molecule has 0 saturated heterocycles. The number of rotatable bonds is 6. The molecule has 0 bridgehead atoms. The molecule has 0 spiro atoms. The predicted octanol–water partition coefficient (Wildman–Crippen LogP) is 1.23. The highest BCUT2D eigenvalue weighted by molar-refractivity contribution is 5.86. The van der Waals surface area contributed by atoms with Gasteiger partial charge in [0.2, 0.25) is 5.91 Å². The summed E-state index contributed by atoms with van der Waals surface area (Å²) in [5, 5.41) is 9.57. The number of carbonyl (C=O) groups is 2. The molecule has 0 aliphatic rings. The number of amides is 3. The van der Waals surface area contributed by atoms with Crippen molar-refractivity contribution in [2.45, 2.75) is 19.0 Å². The molecule has 0 aliphatic carbocycles. The third kappa shape index (κ3) is 4.14. The maximum atomic E-state index is 12.5. The van der Waals surface area contributed by atoms with Gasteiger partial charge in [0.05, 0.1) is 11.7 Å². The molecule has 3 aromatic rings. The zero-order valence-corrected chi connectivity index (χ0v) is 13.6. The van der Waals surface area contributed by atoms with Crippen LogP contribution < -0.4 is 16.4 Å². The van der Waals surface area contributed by atoms with Crippen molar-refractivity contribution in [1.82, 2.24) is 20.2 Å².